The molecule has 7 heteroatoms. The predicted octanol–water partition coefficient (Wildman–Crippen LogP) is 6.43. The molecule has 0 unspecified atom stereocenters. The zero-order valence-corrected chi connectivity index (χ0v) is 25.8. The van der Waals surface area contributed by atoms with Crippen molar-refractivity contribution in [2.24, 2.45) is 17.8 Å². The summed E-state index contributed by atoms with van der Waals surface area (Å²) in [4.78, 5) is 29.1. The lowest BCUT2D eigenvalue weighted by Crippen LogP contribution is -2.31. The maximum absolute atomic E-state index is 12.4. The fourth-order valence-corrected chi connectivity index (χ4v) is 4.80. The Morgan fingerprint density at radius 2 is 1.93 bits per heavy atom. The van der Waals surface area contributed by atoms with Gasteiger partial charge in [0.05, 0.1) is 5.70 Å². The Hall–Kier alpha value is -4.26. The van der Waals surface area contributed by atoms with Gasteiger partial charge in [-0.3, -0.25) is 19.3 Å². The topological polar surface area (TPSA) is 89.4 Å². The summed E-state index contributed by atoms with van der Waals surface area (Å²) in [6, 6.07) is 3.75. The van der Waals surface area contributed by atoms with Gasteiger partial charge in [0.2, 0.25) is 0 Å². The number of aryl methyl sites for hydroxylation is 1. The van der Waals surface area contributed by atoms with E-state index in [1.165, 1.54) is 5.56 Å². The van der Waals surface area contributed by atoms with Gasteiger partial charge in [0, 0.05) is 79.5 Å². The van der Waals surface area contributed by atoms with Crippen LogP contribution in [0.5, 0.6) is 0 Å². The first-order valence-corrected chi connectivity index (χ1v) is 14.2. The molecular formula is C34H44N6O. The lowest BCUT2D eigenvalue weighted by Gasteiger charge is -2.33. The zero-order valence-electron chi connectivity index (χ0n) is 25.8. The number of pyridine rings is 1. The predicted molar refractivity (Wildman–Crippen MR) is 172 cm³/mol. The van der Waals surface area contributed by atoms with Gasteiger partial charge < -0.3 is 10.6 Å². The molecular weight excluding hydrogens is 508 g/mol. The molecule has 1 aliphatic heterocycles. The average molecular weight is 553 g/mol. The summed E-state index contributed by atoms with van der Waals surface area (Å²) in [6.07, 6.45) is 17.2. The standard InChI is InChI=1S/C34H44N6O/c1-9-11-12-14-30(23(3)4)36-21-29(19-35)27-18-28-22-40(16-15-31(28)37-20-27)32(13-10-2)25(6)26(7)34-38-24(5)17-33(41)39(34)8/h9,11-14,17-21H,10,15-16,22,35H2,1-8H3/b11-9-,14-12-,26-25-,29-19+,32-13-,36-21?. The van der Waals surface area contributed by atoms with Gasteiger partial charge >= 0.3 is 0 Å². The Bertz CT molecular complexity index is 1540. The van der Waals surface area contributed by atoms with Crippen molar-refractivity contribution in [3.8, 4) is 0 Å². The third kappa shape index (κ3) is 7.69. The van der Waals surface area contributed by atoms with Gasteiger partial charge in [0.15, 0.2) is 0 Å². The van der Waals surface area contributed by atoms with Gasteiger partial charge in [-0.15, -0.1) is 0 Å². The molecule has 0 saturated heterocycles. The molecule has 0 aliphatic carbocycles. The summed E-state index contributed by atoms with van der Waals surface area (Å²) in [5.41, 5.74) is 16.0. The summed E-state index contributed by atoms with van der Waals surface area (Å²) < 4.78 is 1.62. The first-order valence-electron chi connectivity index (χ1n) is 14.2. The highest BCUT2D eigenvalue weighted by Gasteiger charge is 2.22. The largest absolute Gasteiger partial charge is 0.404 e. The maximum Gasteiger partial charge on any atom is 0.253 e. The Morgan fingerprint density at radius 3 is 2.59 bits per heavy atom. The lowest BCUT2D eigenvalue weighted by molar-refractivity contribution is 0.324. The molecule has 0 amide bonds. The van der Waals surface area contributed by atoms with E-state index in [2.05, 4.69) is 35.9 Å². The molecule has 0 bridgehead atoms. The molecule has 41 heavy (non-hydrogen) atoms. The van der Waals surface area contributed by atoms with E-state index >= 15 is 0 Å². The van der Waals surface area contributed by atoms with Crippen LogP contribution in [0, 0.1) is 6.92 Å². The molecule has 0 aromatic carbocycles. The monoisotopic (exact) mass is 552 g/mol. The summed E-state index contributed by atoms with van der Waals surface area (Å²) >= 11 is 0. The summed E-state index contributed by atoms with van der Waals surface area (Å²) in [6.45, 7) is 15.8. The first-order chi connectivity index (χ1) is 19.6. The van der Waals surface area contributed by atoms with Crippen LogP contribution in [0.4, 0.5) is 0 Å². The second-order valence-corrected chi connectivity index (χ2v) is 10.5. The number of aromatic nitrogens is 3. The van der Waals surface area contributed by atoms with Gasteiger partial charge in [-0.1, -0.05) is 36.8 Å². The molecule has 3 rings (SSSR count). The fourth-order valence-electron chi connectivity index (χ4n) is 4.80. The van der Waals surface area contributed by atoms with E-state index in [1.54, 1.807) is 23.9 Å². The third-order valence-electron chi connectivity index (χ3n) is 7.25. The fraction of sp³-hybridized carbons (Fsp3) is 0.353. The summed E-state index contributed by atoms with van der Waals surface area (Å²) in [5.74, 6) is 0.698. The number of nitrogens with two attached hydrogens (primary N) is 1. The van der Waals surface area contributed by atoms with Crippen LogP contribution >= 0.6 is 0 Å². The van der Waals surface area contributed by atoms with Gasteiger partial charge in [0.1, 0.15) is 5.82 Å². The molecule has 2 N–H and O–H groups in total. The van der Waals surface area contributed by atoms with Crippen molar-refractivity contribution in [1.29, 1.82) is 0 Å². The van der Waals surface area contributed by atoms with Crippen molar-refractivity contribution >= 4 is 17.4 Å². The van der Waals surface area contributed by atoms with Crippen LogP contribution in [-0.4, -0.2) is 32.2 Å². The number of allylic oxidation sites excluding steroid dienone is 9. The number of hydrogen-bond donors (Lipinski definition) is 1. The average Bonchev–Trinajstić information content (AvgIpc) is 2.95. The van der Waals surface area contributed by atoms with E-state index in [0.717, 1.165) is 76.6 Å². The highest BCUT2D eigenvalue weighted by Crippen LogP contribution is 2.30. The number of hydrogen-bond acceptors (Lipinski definition) is 6. The smallest absolute Gasteiger partial charge is 0.253 e. The number of nitrogens with zero attached hydrogens (tertiary/aromatic N) is 5. The minimum Gasteiger partial charge on any atom is -0.404 e. The van der Waals surface area contributed by atoms with Crippen LogP contribution in [0.1, 0.15) is 76.3 Å². The quantitative estimate of drug-likeness (QED) is 0.286. The highest BCUT2D eigenvalue weighted by molar-refractivity contribution is 6.10. The SMILES string of the molecule is C/C=C\C=C/C(N=C/C(=C\N)c1cnc2c(c1)CN(C(=C\CC)/C(C)=C(/C)c1nc(C)cc(=O)n1C)CC2)=C(C)C. The third-order valence-corrected chi connectivity index (χ3v) is 7.25. The molecule has 0 saturated carbocycles. The number of aliphatic imine (C=N–C) groups is 1. The van der Waals surface area contributed by atoms with Crippen molar-refractivity contribution in [3.05, 3.63) is 116 Å². The molecule has 1 aliphatic rings. The van der Waals surface area contributed by atoms with Crippen LogP contribution in [0.25, 0.3) is 11.1 Å². The van der Waals surface area contributed by atoms with Crippen LogP contribution in [-0.2, 0) is 20.0 Å². The zero-order chi connectivity index (χ0) is 30.1. The first kappa shape index (κ1) is 31.3. The molecule has 216 valence electrons. The van der Waals surface area contributed by atoms with Crippen LogP contribution in [0.2, 0.25) is 0 Å². The molecule has 7 nitrogen and oxygen atoms in total. The highest BCUT2D eigenvalue weighted by atomic mass is 16.1. The van der Waals surface area contributed by atoms with Crippen molar-refractivity contribution in [1.82, 2.24) is 19.4 Å². The Morgan fingerprint density at radius 1 is 1.17 bits per heavy atom. The van der Waals surface area contributed by atoms with Gasteiger partial charge in [-0.2, -0.15) is 0 Å². The van der Waals surface area contributed by atoms with Gasteiger partial charge in [-0.05, 0) is 76.8 Å². The maximum atomic E-state index is 12.4. The number of fused-ring (bicyclic) bond motifs is 1. The molecule has 3 heterocycles. The van der Waals surface area contributed by atoms with Gasteiger partial charge in [0.25, 0.3) is 5.56 Å². The summed E-state index contributed by atoms with van der Waals surface area (Å²) in [5, 5.41) is 0. The van der Waals surface area contributed by atoms with Gasteiger partial charge in [-0.25, -0.2) is 4.98 Å². The van der Waals surface area contributed by atoms with E-state index in [0.29, 0.717) is 5.82 Å². The Balaban J connectivity index is 1.94. The molecule has 0 spiro atoms. The van der Waals surface area contributed by atoms with E-state index < -0.39 is 0 Å². The van der Waals surface area contributed by atoms with Crippen molar-refractivity contribution in [3.63, 3.8) is 0 Å². The normalized spacial score (nSPS) is 15.2. The molecule has 2 aromatic heterocycles. The van der Waals surface area contributed by atoms with Crippen LogP contribution in [0.3, 0.4) is 0 Å². The molecule has 2 aromatic rings. The van der Waals surface area contributed by atoms with Crippen molar-refractivity contribution < 1.29 is 0 Å². The molecule has 0 radical (unpaired) electrons. The summed E-state index contributed by atoms with van der Waals surface area (Å²) in [7, 11) is 1.78. The van der Waals surface area contributed by atoms with Crippen molar-refractivity contribution in [2.45, 2.75) is 67.9 Å². The molecule has 0 atom stereocenters. The second kappa shape index (κ2) is 14.4. The van der Waals surface area contributed by atoms with E-state index in [9.17, 15) is 4.79 Å². The van der Waals surface area contributed by atoms with E-state index in [4.69, 9.17) is 15.7 Å². The Kier molecular flexibility index (Phi) is 11.0. The van der Waals surface area contributed by atoms with Crippen LogP contribution < -0.4 is 11.3 Å². The lowest BCUT2D eigenvalue weighted by atomic mass is 9.98. The minimum absolute atomic E-state index is 0.0518. The van der Waals surface area contributed by atoms with Crippen molar-refractivity contribution in [2.75, 3.05) is 6.54 Å². The van der Waals surface area contributed by atoms with E-state index in [1.807, 2.05) is 71.3 Å². The second-order valence-electron chi connectivity index (χ2n) is 10.5. The number of rotatable bonds is 9. The molecule has 0 fully saturated rings. The minimum atomic E-state index is -0.0518. The van der Waals surface area contributed by atoms with Crippen LogP contribution in [0.15, 0.2) is 87.2 Å². The van der Waals surface area contributed by atoms with E-state index in [-0.39, 0.29) is 5.56 Å². The Labute approximate surface area is 244 Å².